The summed E-state index contributed by atoms with van der Waals surface area (Å²) in [4.78, 5) is 15.8. The van der Waals surface area contributed by atoms with Gasteiger partial charge in [0.2, 0.25) is 5.76 Å². The second-order valence-corrected chi connectivity index (χ2v) is 7.17. The standard InChI is InChI=1S/C23H21N3O4/c1-15-23(26(27)28)22(30-25-15)14-18(16-8-11-20(29-2)12-9-16)13-19-10-7-17-5-3-4-6-21(17)24-19/h3-12,18H,13-14H2,1-2H3. The lowest BCUT2D eigenvalue weighted by Gasteiger charge is -2.16. The summed E-state index contributed by atoms with van der Waals surface area (Å²) in [6.07, 6.45) is 0.950. The van der Waals surface area contributed by atoms with Crippen molar-refractivity contribution in [2.24, 2.45) is 0 Å². The number of aromatic nitrogens is 2. The van der Waals surface area contributed by atoms with Crippen LogP contribution in [0.2, 0.25) is 0 Å². The first-order chi connectivity index (χ1) is 14.5. The summed E-state index contributed by atoms with van der Waals surface area (Å²) in [7, 11) is 1.62. The zero-order valence-electron chi connectivity index (χ0n) is 16.7. The summed E-state index contributed by atoms with van der Waals surface area (Å²) in [6, 6.07) is 19.7. The molecule has 0 aliphatic rings. The molecule has 0 saturated carbocycles. The van der Waals surface area contributed by atoms with Crippen molar-refractivity contribution in [1.29, 1.82) is 0 Å². The number of hydrogen-bond acceptors (Lipinski definition) is 6. The van der Waals surface area contributed by atoms with Crippen molar-refractivity contribution in [2.75, 3.05) is 7.11 Å². The molecule has 0 aliphatic carbocycles. The minimum atomic E-state index is -0.430. The number of nitro groups is 1. The van der Waals surface area contributed by atoms with E-state index in [1.54, 1.807) is 14.0 Å². The van der Waals surface area contributed by atoms with Crippen LogP contribution in [-0.2, 0) is 12.8 Å². The predicted octanol–water partition coefficient (Wildman–Crippen LogP) is 5.02. The normalized spacial score (nSPS) is 12.1. The summed E-state index contributed by atoms with van der Waals surface area (Å²) in [5, 5.41) is 16.4. The lowest BCUT2D eigenvalue weighted by Crippen LogP contribution is -2.09. The van der Waals surface area contributed by atoms with Gasteiger partial charge in [0.25, 0.3) is 0 Å². The number of methoxy groups -OCH3 is 1. The Kier molecular flexibility index (Phi) is 5.43. The molecule has 152 valence electrons. The fourth-order valence-electron chi connectivity index (χ4n) is 3.66. The highest BCUT2D eigenvalue weighted by Gasteiger charge is 2.27. The van der Waals surface area contributed by atoms with Gasteiger partial charge in [0.05, 0.1) is 17.5 Å². The van der Waals surface area contributed by atoms with Crippen LogP contribution in [0, 0.1) is 17.0 Å². The van der Waals surface area contributed by atoms with Crippen LogP contribution >= 0.6 is 0 Å². The lowest BCUT2D eigenvalue weighted by molar-refractivity contribution is -0.386. The molecule has 1 atom stereocenters. The molecular formula is C23H21N3O4. The van der Waals surface area contributed by atoms with Crippen LogP contribution in [0.5, 0.6) is 5.75 Å². The molecule has 0 N–H and O–H groups in total. The number of benzene rings is 2. The Morgan fingerprint density at radius 3 is 2.57 bits per heavy atom. The van der Waals surface area contributed by atoms with Gasteiger partial charge in [-0.1, -0.05) is 41.6 Å². The Bertz CT molecular complexity index is 1180. The maximum absolute atomic E-state index is 11.5. The molecule has 7 heteroatoms. The van der Waals surface area contributed by atoms with Crippen molar-refractivity contribution < 1.29 is 14.2 Å². The average Bonchev–Trinajstić information content (AvgIpc) is 3.13. The van der Waals surface area contributed by atoms with Gasteiger partial charge < -0.3 is 9.26 Å². The molecule has 0 bridgehead atoms. The fraction of sp³-hybridized carbons (Fsp3) is 0.217. The highest BCUT2D eigenvalue weighted by Crippen LogP contribution is 2.32. The van der Waals surface area contributed by atoms with Crippen molar-refractivity contribution >= 4 is 16.6 Å². The molecule has 4 rings (SSSR count). The summed E-state index contributed by atoms with van der Waals surface area (Å²) in [6.45, 7) is 1.58. The minimum Gasteiger partial charge on any atom is -0.497 e. The third-order valence-electron chi connectivity index (χ3n) is 5.21. The van der Waals surface area contributed by atoms with Crippen LogP contribution < -0.4 is 4.74 Å². The van der Waals surface area contributed by atoms with Crippen LogP contribution in [0.4, 0.5) is 5.69 Å². The first kappa shape index (κ1) is 19.6. The van der Waals surface area contributed by atoms with Gasteiger partial charge in [-0.15, -0.1) is 0 Å². The van der Waals surface area contributed by atoms with Crippen molar-refractivity contribution in [3.8, 4) is 5.75 Å². The Balaban J connectivity index is 1.69. The van der Waals surface area contributed by atoms with E-state index in [0.29, 0.717) is 12.8 Å². The number of rotatable bonds is 7. The van der Waals surface area contributed by atoms with Crippen LogP contribution in [0.1, 0.15) is 28.6 Å². The Labute approximate surface area is 173 Å². The SMILES string of the molecule is COc1ccc(C(Cc2ccc3ccccc3n2)Cc2onc(C)c2[N+](=O)[O-])cc1. The number of para-hydroxylation sites is 1. The molecule has 0 amide bonds. The summed E-state index contributed by atoms with van der Waals surface area (Å²) >= 11 is 0. The van der Waals surface area contributed by atoms with Crippen molar-refractivity contribution in [1.82, 2.24) is 10.1 Å². The van der Waals surface area contributed by atoms with E-state index in [2.05, 4.69) is 5.16 Å². The third-order valence-corrected chi connectivity index (χ3v) is 5.21. The first-order valence-corrected chi connectivity index (χ1v) is 9.63. The van der Waals surface area contributed by atoms with Gasteiger partial charge in [-0.3, -0.25) is 15.1 Å². The van der Waals surface area contributed by atoms with E-state index >= 15 is 0 Å². The minimum absolute atomic E-state index is 0.0556. The molecule has 0 spiro atoms. The Morgan fingerprint density at radius 2 is 1.83 bits per heavy atom. The molecule has 2 heterocycles. The van der Waals surface area contributed by atoms with Crippen LogP contribution in [0.3, 0.4) is 0 Å². The van der Waals surface area contributed by atoms with E-state index in [1.165, 1.54) is 0 Å². The van der Waals surface area contributed by atoms with Crippen molar-refractivity contribution in [2.45, 2.75) is 25.7 Å². The van der Waals surface area contributed by atoms with Crippen molar-refractivity contribution in [3.63, 3.8) is 0 Å². The summed E-state index contributed by atoms with van der Waals surface area (Å²) in [5.74, 6) is 0.956. The number of aryl methyl sites for hydroxylation is 1. The molecule has 1 unspecified atom stereocenters. The van der Waals surface area contributed by atoms with Crippen LogP contribution in [0.25, 0.3) is 10.9 Å². The molecular weight excluding hydrogens is 382 g/mol. The van der Waals surface area contributed by atoms with E-state index in [4.69, 9.17) is 14.2 Å². The zero-order chi connectivity index (χ0) is 21.1. The average molecular weight is 403 g/mol. The van der Waals surface area contributed by atoms with Gasteiger partial charge in [0.15, 0.2) is 5.69 Å². The number of pyridine rings is 1. The summed E-state index contributed by atoms with van der Waals surface area (Å²) < 4.78 is 10.6. The number of hydrogen-bond donors (Lipinski definition) is 0. The number of ether oxygens (including phenoxy) is 1. The lowest BCUT2D eigenvalue weighted by atomic mass is 9.89. The molecule has 0 aliphatic heterocycles. The van der Waals surface area contributed by atoms with Crippen LogP contribution in [-0.4, -0.2) is 22.2 Å². The topological polar surface area (TPSA) is 91.3 Å². The molecule has 2 aromatic carbocycles. The van der Waals surface area contributed by atoms with Crippen LogP contribution in [0.15, 0.2) is 65.2 Å². The van der Waals surface area contributed by atoms with Gasteiger partial charge in [-0.05, 0) is 49.1 Å². The van der Waals surface area contributed by atoms with Gasteiger partial charge in [-0.25, -0.2) is 0 Å². The van der Waals surface area contributed by atoms with Gasteiger partial charge in [-0.2, -0.15) is 0 Å². The maximum atomic E-state index is 11.5. The quantitative estimate of drug-likeness (QED) is 0.318. The predicted molar refractivity (Wildman–Crippen MR) is 113 cm³/mol. The zero-order valence-corrected chi connectivity index (χ0v) is 16.7. The Morgan fingerprint density at radius 1 is 1.07 bits per heavy atom. The largest absolute Gasteiger partial charge is 0.497 e. The molecule has 0 saturated heterocycles. The van der Waals surface area contributed by atoms with E-state index in [9.17, 15) is 10.1 Å². The second kappa shape index (κ2) is 8.32. The first-order valence-electron chi connectivity index (χ1n) is 9.63. The van der Waals surface area contributed by atoms with E-state index in [1.807, 2.05) is 60.7 Å². The van der Waals surface area contributed by atoms with E-state index in [0.717, 1.165) is 27.9 Å². The molecule has 2 aromatic heterocycles. The van der Waals surface area contributed by atoms with E-state index in [-0.39, 0.29) is 23.1 Å². The second-order valence-electron chi connectivity index (χ2n) is 7.17. The fourth-order valence-corrected chi connectivity index (χ4v) is 3.66. The molecule has 0 fully saturated rings. The number of nitrogens with zero attached hydrogens (tertiary/aromatic N) is 3. The Hall–Kier alpha value is -3.74. The number of fused-ring (bicyclic) bond motifs is 1. The third kappa shape index (κ3) is 4.00. The molecule has 7 nitrogen and oxygen atoms in total. The van der Waals surface area contributed by atoms with Gasteiger partial charge in [0.1, 0.15) is 5.75 Å². The highest BCUT2D eigenvalue weighted by molar-refractivity contribution is 5.78. The maximum Gasteiger partial charge on any atom is 0.334 e. The highest BCUT2D eigenvalue weighted by atomic mass is 16.6. The summed E-state index contributed by atoms with van der Waals surface area (Å²) in [5.41, 5.74) is 3.08. The van der Waals surface area contributed by atoms with Gasteiger partial charge in [0, 0.05) is 17.5 Å². The molecule has 4 aromatic rings. The van der Waals surface area contributed by atoms with Gasteiger partial charge >= 0.3 is 5.69 Å². The van der Waals surface area contributed by atoms with Crippen molar-refractivity contribution in [3.05, 3.63) is 93.5 Å². The smallest absolute Gasteiger partial charge is 0.334 e. The monoisotopic (exact) mass is 403 g/mol. The van der Waals surface area contributed by atoms with E-state index < -0.39 is 4.92 Å². The molecule has 30 heavy (non-hydrogen) atoms. The molecule has 0 radical (unpaired) electrons.